The van der Waals surface area contributed by atoms with Crippen LogP contribution in [0.15, 0.2) is 48.5 Å². The van der Waals surface area contributed by atoms with Crippen LogP contribution < -0.4 is 0 Å². The highest BCUT2D eigenvalue weighted by Crippen LogP contribution is 2.22. The Balaban J connectivity index is 1.38. The van der Waals surface area contributed by atoms with Crippen LogP contribution in [0, 0.1) is 17.2 Å². The highest BCUT2D eigenvalue weighted by molar-refractivity contribution is 6.31. The van der Waals surface area contributed by atoms with E-state index in [2.05, 4.69) is 17.0 Å². The van der Waals surface area contributed by atoms with Crippen LogP contribution in [-0.4, -0.2) is 24.6 Å². The fourth-order valence-corrected chi connectivity index (χ4v) is 3.39. The van der Waals surface area contributed by atoms with Crippen LogP contribution in [0.5, 0.6) is 0 Å². The number of benzene rings is 2. The molecule has 130 valence electrons. The molecule has 1 fully saturated rings. The molecule has 0 unspecified atom stereocenters. The second-order valence-electron chi connectivity index (χ2n) is 6.63. The quantitative estimate of drug-likeness (QED) is 0.758. The summed E-state index contributed by atoms with van der Waals surface area (Å²) in [4.78, 5) is 2.47. The van der Waals surface area contributed by atoms with Gasteiger partial charge in [-0.05, 0) is 61.2 Å². The molecule has 0 amide bonds. The molecule has 0 aliphatic carbocycles. The van der Waals surface area contributed by atoms with Crippen molar-refractivity contribution in [3.63, 3.8) is 0 Å². The third-order valence-corrected chi connectivity index (χ3v) is 5.13. The lowest BCUT2D eigenvalue weighted by Crippen LogP contribution is -2.34. The molecule has 0 atom stereocenters. The lowest BCUT2D eigenvalue weighted by molar-refractivity contribution is 0.0562. The maximum atomic E-state index is 8.81. The standard InChI is InChI=1S/C21H23ClN2O/c22-21-4-2-1-3-20(21)14-24-11-9-19(10-12-24)16-25-15-18-7-5-17(13-23)6-8-18/h1-8,19H,9-12,14-16H2. The lowest BCUT2D eigenvalue weighted by atomic mass is 9.97. The number of nitrogens with zero attached hydrogens (tertiary/aromatic N) is 2. The van der Waals surface area contributed by atoms with Crippen LogP contribution in [0.25, 0.3) is 0 Å². The van der Waals surface area contributed by atoms with Gasteiger partial charge < -0.3 is 4.74 Å². The second kappa shape index (κ2) is 9.01. The SMILES string of the molecule is N#Cc1ccc(COCC2CCN(Cc3ccccc3Cl)CC2)cc1. The molecule has 1 aliphatic heterocycles. The number of nitriles is 1. The molecule has 1 heterocycles. The molecule has 0 radical (unpaired) electrons. The zero-order valence-corrected chi connectivity index (χ0v) is 15.1. The summed E-state index contributed by atoms with van der Waals surface area (Å²) in [5, 5.41) is 9.67. The van der Waals surface area contributed by atoms with Gasteiger partial charge >= 0.3 is 0 Å². The van der Waals surface area contributed by atoms with Crippen molar-refractivity contribution < 1.29 is 4.74 Å². The lowest BCUT2D eigenvalue weighted by Gasteiger charge is -2.32. The van der Waals surface area contributed by atoms with Crippen molar-refractivity contribution in [1.29, 1.82) is 5.26 Å². The Labute approximate surface area is 154 Å². The largest absolute Gasteiger partial charge is 0.376 e. The Bertz CT molecular complexity index is 715. The average molecular weight is 355 g/mol. The monoisotopic (exact) mass is 354 g/mol. The zero-order valence-electron chi connectivity index (χ0n) is 14.3. The predicted molar refractivity (Wildman–Crippen MR) is 100 cm³/mol. The van der Waals surface area contributed by atoms with E-state index in [1.54, 1.807) is 0 Å². The number of halogens is 1. The van der Waals surface area contributed by atoms with Crippen molar-refractivity contribution in [3.05, 3.63) is 70.2 Å². The zero-order chi connectivity index (χ0) is 17.5. The van der Waals surface area contributed by atoms with E-state index in [0.29, 0.717) is 18.1 Å². The number of piperidine rings is 1. The first-order valence-corrected chi connectivity index (χ1v) is 9.15. The molecule has 0 bridgehead atoms. The fraction of sp³-hybridized carbons (Fsp3) is 0.381. The van der Waals surface area contributed by atoms with Crippen LogP contribution in [0.1, 0.15) is 29.5 Å². The van der Waals surface area contributed by atoms with Gasteiger partial charge in [-0.25, -0.2) is 0 Å². The molecule has 0 aromatic heterocycles. The predicted octanol–water partition coefficient (Wildman–Crippen LogP) is 4.64. The fourth-order valence-electron chi connectivity index (χ4n) is 3.20. The number of ether oxygens (including phenoxy) is 1. The molecule has 0 spiro atoms. The van der Waals surface area contributed by atoms with Gasteiger partial charge in [0.15, 0.2) is 0 Å². The second-order valence-corrected chi connectivity index (χ2v) is 7.04. The van der Waals surface area contributed by atoms with Crippen molar-refractivity contribution >= 4 is 11.6 Å². The van der Waals surface area contributed by atoms with Crippen molar-refractivity contribution in [1.82, 2.24) is 4.90 Å². The Kier molecular flexibility index (Phi) is 6.47. The third kappa shape index (κ3) is 5.31. The number of hydrogen-bond acceptors (Lipinski definition) is 3. The van der Waals surface area contributed by atoms with E-state index in [4.69, 9.17) is 21.6 Å². The Morgan fingerprint density at radius 3 is 2.48 bits per heavy atom. The summed E-state index contributed by atoms with van der Waals surface area (Å²) in [7, 11) is 0. The van der Waals surface area contributed by atoms with E-state index in [0.717, 1.165) is 49.7 Å². The van der Waals surface area contributed by atoms with E-state index in [1.807, 2.05) is 42.5 Å². The van der Waals surface area contributed by atoms with Gasteiger partial charge in [0.1, 0.15) is 0 Å². The number of likely N-dealkylation sites (tertiary alicyclic amines) is 1. The van der Waals surface area contributed by atoms with Gasteiger partial charge in [-0.2, -0.15) is 5.26 Å². The molecule has 4 heteroatoms. The van der Waals surface area contributed by atoms with Crippen molar-refractivity contribution in [3.8, 4) is 6.07 Å². The molecule has 0 N–H and O–H groups in total. The van der Waals surface area contributed by atoms with Gasteiger partial charge in [-0.1, -0.05) is 41.9 Å². The summed E-state index contributed by atoms with van der Waals surface area (Å²) >= 11 is 6.25. The summed E-state index contributed by atoms with van der Waals surface area (Å²) in [5.41, 5.74) is 3.02. The first-order chi connectivity index (χ1) is 12.2. The average Bonchev–Trinajstić information content (AvgIpc) is 2.65. The normalized spacial score (nSPS) is 15.8. The summed E-state index contributed by atoms with van der Waals surface area (Å²) in [5.74, 6) is 0.626. The van der Waals surface area contributed by atoms with Gasteiger partial charge in [0.05, 0.1) is 18.2 Å². The maximum absolute atomic E-state index is 8.81. The molecule has 1 saturated heterocycles. The van der Waals surface area contributed by atoms with E-state index in [9.17, 15) is 0 Å². The van der Waals surface area contributed by atoms with E-state index in [-0.39, 0.29) is 0 Å². The Hall–Kier alpha value is -1.86. The molecule has 2 aromatic rings. The summed E-state index contributed by atoms with van der Waals surface area (Å²) in [6.07, 6.45) is 2.33. The van der Waals surface area contributed by atoms with Crippen molar-refractivity contribution in [2.75, 3.05) is 19.7 Å². The van der Waals surface area contributed by atoms with Gasteiger partial charge in [0.25, 0.3) is 0 Å². The van der Waals surface area contributed by atoms with Crippen LogP contribution in [-0.2, 0) is 17.9 Å². The number of rotatable bonds is 6. The van der Waals surface area contributed by atoms with Gasteiger partial charge in [0, 0.05) is 18.2 Å². The number of hydrogen-bond donors (Lipinski definition) is 0. The smallest absolute Gasteiger partial charge is 0.0991 e. The summed E-state index contributed by atoms with van der Waals surface area (Å²) in [6.45, 7) is 4.54. The summed E-state index contributed by atoms with van der Waals surface area (Å²) < 4.78 is 5.88. The maximum Gasteiger partial charge on any atom is 0.0991 e. The third-order valence-electron chi connectivity index (χ3n) is 4.76. The van der Waals surface area contributed by atoms with Crippen LogP contribution in [0.2, 0.25) is 5.02 Å². The van der Waals surface area contributed by atoms with Crippen LogP contribution in [0.3, 0.4) is 0 Å². The molecule has 0 saturated carbocycles. The van der Waals surface area contributed by atoms with Crippen LogP contribution >= 0.6 is 11.6 Å². The van der Waals surface area contributed by atoms with Gasteiger partial charge in [-0.3, -0.25) is 4.90 Å². The van der Waals surface area contributed by atoms with E-state index in [1.165, 1.54) is 5.56 Å². The van der Waals surface area contributed by atoms with Crippen LogP contribution in [0.4, 0.5) is 0 Å². The highest BCUT2D eigenvalue weighted by atomic mass is 35.5. The topological polar surface area (TPSA) is 36.3 Å². The van der Waals surface area contributed by atoms with Crippen molar-refractivity contribution in [2.24, 2.45) is 5.92 Å². The van der Waals surface area contributed by atoms with Gasteiger partial charge in [-0.15, -0.1) is 0 Å². The molecule has 2 aromatic carbocycles. The molecule has 3 rings (SSSR count). The van der Waals surface area contributed by atoms with Gasteiger partial charge in [0.2, 0.25) is 0 Å². The first kappa shape index (κ1) is 17.9. The minimum absolute atomic E-state index is 0.617. The molecular weight excluding hydrogens is 332 g/mol. The molecule has 1 aliphatic rings. The Morgan fingerprint density at radius 2 is 1.80 bits per heavy atom. The summed E-state index contributed by atoms with van der Waals surface area (Å²) in [6, 6.07) is 17.8. The Morgan fingerprint density at radius 1 is 1.08 bits per heavy atom. The minimum Gasteiger partial charge on any atom is -0.376 e. The molecule has 25 heavy (non-hydrogen) atoms. The highest BCUT2D eigenvalue weighted by Gasteiger charge is 2.19. The minimum atomic E-state index is 0.617. The first-order valence-electron chi connectivity index (χ1n) is 8.77. The van der Waals surface area contributed by atoms with E-state index < -0.39 is 0 Å². The molecule has 3 nitrogen and oxygen atoms in total. The van der Waals surface area contributed by atoms with Crippen molar-refractivity contribution in [2.45, 2.75) is 26.0 Å². The van der Waals surface area contributed by atoms with E-state index >= 15 is 0 Å². The molecular formula is C21H23ClN2O.